The van der Waals surface area contributed by atoms with Crippen LogP contribution in [-0.2, 0) is 26.8 Å². The van der Waals surface area contributed by atoms with Crippen LogP contribution < -0.4 is 0 Å². The molecule has 0 bridgehead atoms. The van der Waals surface area contributed by atoms with E-state index in [-0.39, 0.29) is 24.2 Å². The molecule has 4 rings (SSSR count). The molecule has 0 unspecified atom stereocenters. The summed E-state index contributed by atoms with van der Waals surface area (Å²) in [6.45, 7) is 3.10. The van der Waals surface area contributed by atoms with Crippen molar-refractivity contribution >= 4 is 10.0 Å². The summed E-state index contributed by atoms with van der Waals surface area (Å²) in [6, 6.07) is 5.02. The smallest absolute Gasteiger partial charge is 0.214 e. The third kappa shape index (κ3) is 3.46. The average molecular weight is 408 g/mol. The summed E-state index contributed by atoms with van der Waals surface area (Å²) >= 11 is 0. The standard InChI is InChI=1S/C19H25FN4O3S/c1-15-3-2-10-28(25,26)24(15)12-16-4-5-17(11-18(16)20)19(6-8-27-9-7-19)23-13-21-22-14-23/h4-5,11,13-15H,2-3,6-10,12H2,1H3/t15-/m0/s1. The lowest BCUT2D eigenvalue weighted by Gasteiger charge is -2.38. The van der Waals surface area contributed by atoms with Gasteiger partial charge in [0, 0.05) is 31.4 Å². The fourth-order valence-electron chi connectivity index (χ4n) is 4.31. The second-order valence-electron chi connectivity index (χ2n) is 7.67. The molecule has 152 valence electrons. The Kier molecular flexibility index (Phi) is 5.24. The monoisotopic (exact) mass is 408 g/mol. The summed E-state index contributed by atoms with van der Waals surface area (Å²) in [4.78, 5) is 0. The third-order valence-corrected chi connectivity index (χ3v) is 8.03. The first-order valence-electron chi connectivity index (χ1n) is 9.64. The van der Waals surface area contributed by atoms with Crippen molar-refractivity contribution in [2.75, 3.05) is 19.0 Å². The van der Waals surface area contributed by atoms with E-state index in [2.05, 4.69) is 10.2 Å². The molecule has 0 amide bonds. The molecule has 2 fully saturated rings. The van der Waals surface area contributed by atoms with Crippen LogP contribution in [0.1, 0.15) is 43.7 Å². The van der Waals surface area contributed by atoms with E-state index in [0.717, 1.165) is 12.0 Å². The summed E-state index contributed by atoms with van der Waals surface area (Å²) in [5, 5.41) is 7.83. The van der Waals surface area contributed by atoms with Crippen molar-refractivity contribution in [1.82, 2.24) is 19.1 Å². The molecule has 0 N–H and O–H groups in total. The highest BCUT2D eigenvalue weighted by Crippen LogP contribution is 2.37. The van der Waals surface area contributed by atoms with Gasteiger partial charge in [-0.25, -0.2) is 12.8 Å². The first kappa shape index (κ1) is 19.5. The van der Waals surface area contributed by atoms with E-state index >= 15 is 4.39 Å². The number of halogens is 1. The molecule has 28 heavy (non-hydrogen) atoms. The lowest BCUT2D eigenvalue weighted by atomic mass is 9.82. The van der Waals surface area contributed by atoms with Gasteiger partial charge in [-0.05, 0) is 44.2 Å². The highest BCUT2D eigenvalue weighted by atomic mass is 32.2. The minimum atomic E-state index is -3.34. The molecule has 2 aliphatic heterocycles. The lowest BCUT2D eigenvalue weighted by Crippen LogP contribution is -2.43. The van der Waals surface area contributed by atoms with Gasteiger partial charge in [-0.3, -0.25) is 0 Å². The highest BCUT2D eigenvalue weighted by Gasteiger charge is 2.37. The SMILES string of the molecule is C[C@H]1CCCS(=O)(=O)N1Cc1ccc(C2(n3cnnc3)CCOCC2)cc1F. The molecule has 1 atom stereocenters. The Morgan fingerprint density at radius 3 is 2.61 bits per heavy atom. The molecule has 0 aliphatic carbocycles. The van der Waals surface area contributed by atoms with Crippen LogP contribution in [0.15, 0.2) is 30.9 Å². The van der Waals surface area contributed by atoms with E-state index in [1.807, 2.05) is 17.6 Å². The lowest BCUT2D eigenvalue weighted by molar-refractivity contribution is 0.0384. The Morgan fingerprint density at radius 1 is 1.25 bits per heavy atom. The van der Waals surface area contributed by atoms with E-state index in [1.54, 1.807) is 18.7 Å². The molecule has 1 aromatic heterocycles. The van der Waals surface area contributed by atoms with Gasteiger partial charge in [-0.15, -0.1) is 10.2 Å². The number of aromatic nitrogens is 3. The van der Waals surface area contributed by atoms with Crippen LogP contribution in [0.4, 0.5) is 4.39 Å². The van der Waals surface area contributed by atoms with Crippen molar-refractivity contribution in [2.45, 2.75) is 50.7 Å². The number of benzene rings is 1. The molecule has 0 spiro atoms. The van der Waals surface area contributed by atoms with Crippen molar-refractivity contribution in [2.24, 2.45) is 0 Å². The normalized spacial score (nSPS) is 24.9. The molecule has 2 aliphatic rings. The van der Waals surface area contributed by atoms with E-state index in [1.165, 1.54) is 10.4 Å². The molecule has 2 saturated heterocycles. The first-order chi connectivity index (χ1) is 13.4. The maximum Gasteiger partial charge on any atom is 0.214 e. The van der Waals surface area contributed by atoms with Crippen LogP contribution in [0.3, 0.4) is 0 Å². The van der Waals surface area contributed by atoms with Gasteiger partial charge in [0.1, 0.15) is 18.5 Å². The molecule has 9 heteroatoms. The Morgan fingerprint density at radius 2 is 1.96 bits per heavy atom. The molecule has 2 aromatic rings. The number of rotatable bonds is 4. The van der Waals surface area contributed by atoms with Crippen molar-refractivity contribution in [3.63, 3.8) is 0 Å². The largest absolute Gasteiger partial charge is 0.381 e. The van der Waals surface area contributed by atoms with E-state index in [0.29, 0.717) is 38.0 Å². The van der Waals surface area contributed by atoms with Crippen molar-refractivity contribution < 1.29 is 17.5 Å². The molecule has 7 nitrogen and oxygen atoms in total. The second kappa shape index (κ2) is 7.53. The zero-order chi connectivity index (χ0) is 19.8. The predicted molar refractivity (Wildman–Crippen MR) is 102 cm³/mol. The van der Waals surface area contributed by atoms with Gasteiger partial charge in [0.25, 0.3) is 0 Å². The molecule has 1 aromatic carbocycles. The zero-order valence-corrected chi connectivity index (χ0v) is 16.7. The van der Waals surface area contributed by atoms with Crippen molar-refractivity contribution in [1.29, 1.82) is 0 Å². The van der Waals surface area contributed by atoms with Gasteiger partial charge in [-0.2, -0.15) is 4.31 Å². The molecule has 0 radical (unpaired) electrons. The van der Waals surface area contributed by atoms with Gasteiger partial charge >= 0.3 is 0 Å². The second-order valence-corrected chi connectivity index (χ2v) is 9.71. The Labute approximate surface area is 164 Å². The van der Waals surface area contributed by atoms with Crippen LogP contribution in [0.25, 0.3) is 0 Å². The minimum Gasteiger partial charge on any atom is -0.381 e. The van der Waals surface area contributed by atoms with Crippen molar-refractivity contribution in [3.8, 4) is 0 Å². The predicted octanol–water partition coefficient (Wildman–Crippen LogP) is 2.29. The highest BCUT2D eigenvalue weighted by molar-refractivity contribution is 7.89. The van der Waals surface area contributed by atoms with Crippen molar-refractivity contribution in [3.05, 3.63) is 47.8 Å². The molecular weight excluding hydrogens is 383 g/mol. The summed E-state index contributed by atoms with van der Waals surface area (Å²) < 4.78 is 48.7. The summed E-state index contributed by atoms with van der Waals surface area (Å²) in [7, 11) is -3.34. The molecule has 0 saturated carbocycles. The van der Waals surface area contributed by atoms with Gasteiger partial charge < -0.3 is 9.30 Å². The Bertz CT molecular complexity index is 927. The van der Waals surface area contributed by atoms with E-state index in [4.69, 9.17) is 4.74 Å². The Balaban J connectivity index is 1.66. The third-order valence-electron chi connectivity index (χ3n) is 6.02. The Hall–Kier alpha value is -1.84. The average Bonchev–Trinajstić information content (AvgIpc) is 3.21. The molecule has 3 heterocycles. The first-order valence-corrected chi connectivity index (χ1v) is 11.2. The van der Waals surface area contributed by atoms with E-state index < -0.39 is 15.6 Å². The van der Waals surface area contributed by atoms with Crippen LogP contribution in [0.5, 0.6) is 0 Å². The van der Waals surface area contributed by atoms with Gasteiger partial charge in [0.15, 0.2) is 0 Å². The number of sulfonamides is 1. The fraction of sp³-hybridized carbons (Fsp3) is 0.579. The van der Waals surface area contributed by atoms with Crippen LogP contribution in [-0.4, -0.2) is 52.5 Å². The molecular formula is C19H25FN4O3S. The number of hydrogen-bond acceptors (Lipinski definition) is 5. The summed E-state index contributed by atoms with van der Waals surface area (Å²) in [5.41, 5.74) is 0.768. The van der Waals surface area contributed by atoms with Gasteiger partial charge in [0.05, 0.1) is 11.3 Å². The fourth-order valence-corrected chi connectivity index (χ4v) is 6.07. The summed E-state index contributed by atoms with van der Waals surface area (Å²) in [6.07, 6.45) is 6.15. The zero-order valence-electron chi connectivity index (χ0n) is 15.9. The maximum atomic E-state index is 15.1. The quantitative estimate of drug-likeness (QED) is 0.776. The van der Waals surface area contributed by atoms with E-state index in [9.17, 15) is 8.42 Å². The maximum absolute atomic E-state index is 15.1. The van der Waals surface area contributed by atoms with Crippen LogP contribution >= 0.6 is 0 Å². The van der Waals surface area contributed by atoms with Crippen LogP contribution in [0.2, 0.25) is 0 Å². The van der Waals surface area contributed by atoms with Gasteiger partial charge in [-0.1, -0.05) is 12.1 Å². The number of nitrogens with zero attached hydrogens (tertiary/aromatic N) is 4. The van der Waals surface area contributed by atoms with Gasteiger partial charge in [0.2, 0.25) is 10.0 Å². The number of ether oxygens (including phenoxy) is 1. The minimum absolute atomic E-state index is 0.0678. The number of hydrogen-bond donors (Lipinski definition) is 0. The topological polar surface area (TPSA) is 77.3 Å². The summed E-state index contributed by atoms with van der Waals surface area (Å²) in [5.74, 6) is -0.252. The van der Waals surface area contributed by atoms with Crippen LogP contribution in [0, 0.1) is 5.82 Å².